The molecule has 0 atom stereocenters. The number of hydrogen-bond donors (Lipinski definition) is 1. The summed E-state index contributed by atoms with van der Waals surface area (Å²) in [5.74, 6) is -1.17. The number of hydrogen-bond acceptors (Lipinski definition) is 6. The van der Waals surface area contributed by atoms with Crippen LogP contribution in [0.15, 0.2) is 0 Å². The molecule has 1 fully saturated rings. The first-order valence-corrected chi connectivity index (χ1v) is 9.96. The molecule has 0 radical (unpaired) electrons. The molecule has 1 aliphatic rings. The molecule has 0 heterocycles. The molecule has 0 spiro atoms. The van der Waals surface area contributed by atoms with Gasteiger partial charge in [-0.2, -0.15) is 0 Å². The Labute approximate surface area is 162 Å². The van der Waals surface area contributed by atoms with E-state index in [1.54, 1.807) is 13.8 Å². The van der Waals surface area contributed by atoms with E-state index >= 15 is 0 Å². The Balaban J connectivity index is 2.44. The lowest BCUT2D eigenvalue weighted by atomic mass is 9.78. The summed E-state index contributed by atoms with van der Waals surface area (Å²) in [4.78, 5) is 36.0. The van der Waals surface area contributed by atoms with Crippen molar-refractivity contribution in [3.05, 3.63) is 0 Å². The van der Waals surface area contributed by atoms with Gasteiger partial charge in [-0.05, 0) is 65.7 Å². The number of nitrogens with one attached hydrogen (secondary N) is 1. The molecular weight excluding hydrogens is 350 g/mol. The number of ether oxygens (including phenoxy) is 3. The summed E-state index contributed by atoms with van der Waals surface area (Å²) >= 11 is 0. The Hall–Kier alpha value is -1.79. The molecule has 0 unspecified atom stereocenters. The molecule has 1 N–H and O–H groups in total. The number of amides is 1. The molecular formula is C20H35NO6. The minimum atomic E-state index is -0.841. The van der Waals surface area contributed by atoms with Crippen LogP contribution >= 0.6 is 0 Å². The van der Waals surface area contributed by atoms with Gasteiger partial charge in [0.15, 0.2) is 5.92 Å². The lowest BCUT2D eigenvalue weighted by molar-refractivity contribution is -0.162. The van der Waals surface area contributed by atoms with Crippen molar-refractivity contribution in [3.63, 3.8) is 0 Å². The predicted molar refractivity (Wildman–Crippen MR) is 101 cm³/mol. The first kappa shape index (κ1) is 23.2. The summed E-state index contributed by atoms with van der Waals surface area (Å²) in [5.41, 5.74) is -0.503. The van der Waals surface area contributed by atoms with Crippen molar-refractivity contribution in [2.45, 2.75) is 72.3 Å². The van der Waals surface area contributed by atoms with Gasteiger partial charge in [0.1, 0.15) is 5.60 Å². The van der Waals surface area contributed by atoms with E-state index in [2.05, 4.69) is 5.32 Å². The molecule has 156 valence electrons. The molecule has 1 amide bonds. The zero-order valence-corrected chi connectivity index (χ0v) is 17.3. The highest BCUT2D eigenvalue weighted by Crippen LogP contribution is 2.33. The van der Waals surface area contributed by atoms with E-state index < -0.39 is 29.6 Å². The average molecular weight is 386 g/mol. The van der Waals surface area contributed by atoms with E-state index in [1.165, 1.54) is 0 Å². The van der Waals surface area contributed by atoms with E-state index in [4.69, 9.17) is 14.2 Å². The third kappa shape index (κ3) is 9.11. The van der Waals surface area contributed by atoms with Crippen molar-refractivity contribution in [2.24, 2.45) is 17.8 Å². The first-order valence-electron chi connectivity index (χ1n) is 9.96. The highest BCUT2D eigenvalue weighted by molar-refractivity contribution is 5.94. The van der Waals surface area contributed by atoms with E-state index in [1.807, 2.05) is 20.8 Å². The fourth-order valence-corrected chi connectivity index (χ4v) is 3.32. The van der Waals surface area contributed by atoms with Crippen molar-refractivity contribution < 1.29 is 28.6 Å². The predicted octanol–water partition coefficient (Wildman–Crippen LogP) is 3.45. The molecule has 7 heteroatoms. The Morgan fingerprint density at radius 1 is 0.926 bits per heavy atom. The fraction of sp³-hybridized carbons (Fsp3) is 0.850. The van der Waals surface area contributed by atoms with Crippen LogP contribution in [0.25, 0.3) is 0 Å². The van der Waals surface area contributed by atoms with Crippen LogP contribution in [0, 0.1) is 17.8 Å². The summed E-state index contributed by atoms with van der Waals surface area (Å²) < 4.78 is 15.3. The summed E-state index contributed by atoms with van der Waals surface area (Å²) in [7, 11) is 0. The van der Waals surface area contributed by atoms with Crippen molar-refractivity contribution >= 4 is 18.0 Å². The summed E-state index contributed by atoms with van der Waals surface area (Å²) in [6.07, 6.45) is 3.78. The van der Waals surface area contributed by atoms with Gasteiger partial charge in [0.05, 0.1) is 13.2 Å². The largest absolute Gasteiger partial charge is 0.465 e. The number of carbonyl (C=O) groups is 3. The van der Waals surface area contributed by atoms with Crippen LogP contribution in [-0.4, -0.2) is 43.4 Å². The summed E-state index contributed by atoms with van der Waals surface area (Å²) in [5, 5.41) is 2.83. The minimum Gasteiger partial charge on any atom is -0.465 e. The molecule has 0 aliphatic heterocycles. The SMILES string of the molecule is CCOC(=O)C(CC1CCC(CNC(=O)OC(C)(C)C)CC1)C(=O)OCC. The average Bonchev–Trinajstić information content (AvgIpc) is 2.57. The van der Waals surface area contributed by atoms with E-state index in [9.17, 15) is 14.4 Å². The topological polar surface area (TPSA) is 90.9 Å². The maximum absolute atomic E-state index is 12.1. The Kier molecular flexibility index (Phi) is 9.60. The lowest BCUT2D eigenvalue weighted by Crippen LogP contribution is -2.36. The van der Waals surface area contributed by atoms with Crippen LogP contribution in [0.5, 0.6) is 0 Å². The molecule has 0 aromatic rings. The van der Waals surface area contributed by atoms with Crippen LogP contribution in [0.4, 0.5) is 4.79 Å². The molecule has 1 saturated carbocycles. The van der Waals surface area contributed by atoms with Crippen LogP contribution < -0.4 is 5.32 Å². The quantitative estimate of drug-likeness (QED) is 0.391. The molecule has 1 aliphatic carbocycles. The van der Waals surface area contributed by atoms with E-state index in [0.29, 0.717) is 18.9 Å². The van der Waals surface area contributed by atoms with Gasteiger partial charge in [0.25, 0.3) is 0 Å². The van der Waals surface area contributed by atoms with Crippen molar-refractivity contribution in [1.82, 2.24) is 5.32 Å². The van der Waals surface area contributed by atoms with E-state index in [0.717, 1.165) is 25.7 Å². The molecule has 0 saturated heterocycles. The maximum Gasteiger partial charge on any atom is 0.407 e. The summed E-state index contributed by atoms with van der Waals surface area (Å²) in [6.45, 7) is 10.0. The highest BCUT2D eigenvalue weighted by Gasteiger charge is 2.34. The normalized spacial score (nSPS) is 20.1. The second-order valence-electron chi connectivity index (χ2n) is 8.06. The molecule has 0 aromatic heterocycles. The third-order valence-electron chi connectivity index (χ3n) is 4.61. The van der Waals surface area contributed by atoms with Gasteiger partial charge in [-0.3, -0.25) is 9.59 Å². The Bertz CT molecular complexity index is 473. The van der Waals surface area contributed by atoms with Crippen molar-refractivity contribution in [3.8, 4) is 0 Å². The third-order valence-corrected chi connectivity index (χ3v) is 4.61. The molecule has 7 nitrogen and oxygen atoms in total. The number of rotatable bonds is 8. The summed E-state index contributed by atoms with van der Waals surface area (Å²) in [6, 6.07) is 0. The zero-order valence-electron chi connectivity index (χ0n) is 17.3. The number of esters is 2. The monoisotopic (exact) mass is 385 g/mol. The molecule has 0 aromatic carbocycles. The van der Waals surface area contributed by atoms with Crippen LogP contribution in [-0.2, 0) is 23.8 Å². The Morgan fingerprint density at radius 2 is 1.41 bits per heavy atom. The second kappa shape index (κ2) is 11.1. The lowest BCUT2D eigenvalue weighted by Gasteiger charge is -2.30. The number of carbonyl (C=O) groups excluding carboxylic acids is 3. The van der Waals surface area contributed by atoms with Crippen LogP contribution in [0.2, 0.25) is 0 Å². The zero-order chi connectivity index (χ0) is 20.4. The van der Waals surface area contributed by atoms with Gasteiger partial charge in [0.2, 0.25) is 0 Å². The van der Waals surface area contributed by atoms with Gasteiger partial charge in [-0.25, -0.2) is 4.79 Å². The highest BCUT2D eigenvalue weighted by atomic mass is 16.6. The molecule has 1 rings (SSSR count). The van der Waals surface area contributed by atoms with Gasteiger partial charge >= 0.3 is 18.0 Å². The minimum absolute atomic E-state index is 0.248. The second-order valence-corrected chi connectivity index (χ2v) is 8.06. The van der Waals surface area contributed by atoms with Crippen LogP contribution in [0.3, 0.4) is 0 Å². The van der Waals surface area contributed by atoms with Crippen molar-refractivity contribution in [2.75, 3.05) is 19.8 Å². The molecule has 27 heavy (non-hydrogen) atoms. The first-order chi connectivity index (χ1) is 12.7. The van der Waals surface area contributed by atoms with Gasteiger partial charge < -0.3 is 19.5 Å². The number of alkyl carbamates (subject to hydrolysis) is 1. The standard InChI is InChI=1S/C20H35NO6/c1-6-25-17(22)16(18(23)26-7-2)12-14-8-10-15(11-9-14)13-21-19(24)27-20(3,4)5/h14-16H,6-13H2,1-5H3,(H,21,24). The molecule has 0 bridgehead atoms. The maximum atomic E-state index is 12.1. The van der Waals surface area contributed by atoms with Gasteiger partial charge in [0, 0.05) is 6.54 Å². The van der Waals surface area contributed by atoms with E-state index in [-0.39, 0.29) is 19.1 Å². The fourth-order valence-electron chi connectivity index (χ4n) is 3.32. The van der Waals surface area contributed by atoms with Gasteiger partial charge in [-0.15, -0.1) is 0 Å². The Morgan fingerprint density at radius 3 is 1.85 bits per heavy atom. The van der Waals surface area contributed by atoms with Crippen LogP contribution in [0.1, 0.15) is 66.7 Å². The van der Waals surface area contributed by atoms with Gasteiger partial charge in [-0.1, -0.05) is 12.8 Å². The smallest absolute Gasteiger partial charge is 0.407 e. The van der Waals surface area contributed by atoms with Crippen molar-refractivity contribution in [1.29, 1.82) is 0 Å².